The molecule has 3 aromatic rings. The summed E-state index contributed by atoms with van der Waals surface area (Å²) in [6.07, 6.45) is 3.00. The molecule has 2 aromatic carbocycles. The molecule has 0 radical (unpaired) electrons. The van der Waals surface area contributed by atoms with Crippen LogP contribution in [0.1, 0.15) is 33.6 Å². The number of aryl methyl sites for hydroxylation is 1. The molecule has 1 aliphatic rings. The van der Waals surface area contributed by atoms with Crippen molar-refractivity contribution in [2.75, 3.05) is 11.9 Å². The van der Waals surface area contributed by atoms with Gasteiger partial charge in [0.15, 0.2) is 0 Å². The first-order valence-corrected chi connectivity index (χ1v) is 10.5. The molecule has 0 saturated carbocycles. The molecule has 0 bridgehead atoms. The number of hydrogen-bond acceptors (Lipinski definition) is 5. The molecule has 0 unspecified atom stereocenters. The molecule has 4 rings (SSSR count). The van der Waals surface area contributed by atoms with E-state index in [2.05, 4.69) is 33.6 Å². The molecule has 2 N–H and O–H groups in total. The van der Waals surface area contributed by atoms with Crippen molar-refractivity contribution in [2.45, 2.75) is 13.3 Å². The number of amides is 1. The average molecular weight is 423 g/mol. The first-order chi connectivity index (χ1) is 14.1. The molecular weight excluding hydrogens is 404 g/mol. The maximum absolute atomic E-state index is 12.1. The van der Waals surface area contributed by atoms with Crippen LogP contribution in [0, 0.1) is 6.92 Å². The van der Waals surface area contributed by atoms with Crippen molar-refractivity contribution < 1.29 is 4.79 Å². The number of aliphatic imine (C=N–C) groups is 1. The summed E-state index contributed by atoms with van der Waals surface area (Å²) in [7, 11) is 0. The summed E-state index contributed by atoms with van der Waals surface area (Å²) in [4.78, 5) is 20.8. The number of carbonyl (C=O) groups excluding carboxylic acids is 1. The van der Waals surface area contributed by atoms with Crippen LogP contribution in [0.2, 0.25) is 5.02 Å². The summed E-state index contributed by atoms with van der Waals surface area (Å²) in [6.45, 7) is 2.77. The number of hydrogen-bond donors (Lipinski definition) is 2. The van der Waals surface area contributed by atoms with Crippen molar-refractivity contribution in [3.63, 3.8) is 0 Å². The summed E-state index contributed by atoms with van der Waals surface area (Å²) >= 11 is 7.59. The first-order valence-electron chi connectivity index (χ1n) is 9.18. The Morgan fingerprint density at radius 3 is 2.79 bits per heavy atom. The minimum atomic E-state index is -0.217. The molecule has 0 saturated heterocycles. The van der Waals surface area contributed by atoms with Gasteiger partial charge < -0.3 is 10.6 Å². The van der Waals surface area contributed by atoms with Crippen molar-refractivity contribution in [2.24, 2.45) is 4.99 Å². The number of carbonyl (C=O) groups is 1. The summed E-state index contributed by atoms with van der Waals surface area (Å²) < 4.78 is 0. The molecule has 0 spiro atoms. The van der Waals surface area contributed by atoms with E-state index in [0.29, 0.717) is 22.9 Å². The van der Waals surface area contributed by atoms with Gasteiger partial charge in [-0.05, 0) is 55.3 Å². The topological polar surface area (TPSA) is 66.4 Å². The van der Waals surface area contributed by atoms with Gasteiger partial charge in [-0.15, -0.1) is 11.3 Å². The van der Waals surface area contributed by atoms with E-state index in [1.165, 1.54) is 11.3 Å². The minimum Gasteiger partial charge on any atom is -0.340 e. The van der Waals surface area contributed by atoms with Crippen LogP contribution in [0.15, 0.2) is 64.4 Å². The Bertz CT molecular complexity index is 1090. The number of nitrogens with zero attached hydrogens (tertiary/aromatic N) is 2. The van der Waals surface area contributed by atoms with Gasteiger partial charge >= 0.3 is 0 Å². The zero-order chi connectivity index (χ0) is 20.2. The molecule has 29 heavy (non-hydrogen) atoms. The second kappa shape index (κ2) is 8.59. The maximum Gasteiger partial charge on any atom is 0.275 e. The Morgan fingerprint density at radius 1 is 1.21 bits per heavy atom. The SMILES string of the molecule is Cc1ccc(Cl)cc1C1=CCCN=C(c2ccc(NC(=O)c3cscn3)cc2)N1. The fourth-order valence-electron chi connectivity index (χ4n) is 3.06. The summed E-state index contributed by atoms with van der Waals surface area (Å²) in [5, 5.41) is 8.74. The van der Waals surface area contributed by atoms with Crippen LogP contribution in [0.25, 0.3) is 5.70 Å². The zero-order valence-corrected chi connectivity index (χ0v) is 17.3. The fourth-order valence-corrected chi connectivity index (χ4v) is 3.76. The lowest BCUT2D eigenvalue weighted by Crippen LogP contribution is -2.23. The van der Waals surface area contributed by atoms with Crippen molar-refractivity contribution in [1.29, 1.82) is 0 Å². The van der Waals surface area contributed by atoms with E-state index in [1.54, 1.807) is 10.9 Å². The second-order valence-electron chi connectivity index (χ2n) is 6.63. The number of amidine groups is 1. The molecule has 5 nitrogen and oxygen atoms in total. The Hall–Kier alpha value is -2.96. The van der Waals surface area contributed by atoms with Gasteiger partial charge in [0, 0.05) is 39.5 Å². The van der Waals surface area contributed by atoms with Crippen LogP contribution >= 0.6 is 22.9 Å². The van der Waals surface area contributed by atoms with E-state index in [9.17, 15) is 4.79 Å². The second-order valence-corrected chi connectivity index (χ2v) is 7.78. The van der Waals surface area contributed by atoms with E-state index >= 15 is 0 Å². The lowest BCUT2D eigenvalue weighted by Gasteiger charge is -2.15. The number of aromatic nitrogens is 1. The molecule has 0 aliphatic carbocycles. The standard InChI is InChI=1S/C22H19ClN4OS/c1-14-4-7-16(23)11-18(14)19-3-2-10-24-21(27-19)15-5-8-17(9-6-15)26-22(28)20-12-29-13-25-20/h3-9,11-13H,2,10H2,1H3,(H,24,27)(H,26,28). The smallest absolute Gasteiger partial charge is 0.275 e. The predicted molar refractivity (Wildman–Crippen MR) is 120 cm³/mol. The highest BCUT2D eigenvalue weighted by atomic mass is 35.5. The normalized spacial score (nSPS) is 13.7. The molecule has 0 fully saturated rings. The highest BCUT2D eigenvalue weighted by molar-refractivity contribution is 7.07. The van der Waals surface area contributed by atoms with Gasteiger partial charge in [0.25, 0.3) is 5.91 Å². The number of thiazole rings is 1. The van der Waals surface area contributed by atoms with E-state index in [1.807, 2.05) is 42.5 Å². The summed E-state index contributed by atoms with van der Waals surface area (Å²) in [5.74, 6) is 0.580. The van der Waals surface area contributed by atoms with Gasteiger partial charge in [-0.3, -0.25) is 9.79 Å². The number of nitrogens with one attached hydrogen (secondary N) is 2. The van der Waals surface area contributed by atoms with Gasteiger partial charge in [0.2, 0.25) is 0 Å². The zero-order valence-electron chi connectivity index (χ0n) is 15.8. The van der Waals surface area contributed by atoms with Crippen LogP contribution in [-0.4, -0.2) is 23.3 Å². The first kappa shape index (κ1) is 19.4. The van der Waals surface area contributed by atoms with Crippen LogP contribution in [0.4, 0.5) is 5.69 Å². The van der Waals surface area contributed by atoms with Crippen LogP contribution < -0.4 is 10.6 Å². The van der Waals surface area contributed by atoms with Crippen molar-refractivity contribution in [3.05, 3.63) is 86.8 Å². The monoisotopic (exact) mass is 422 g/mol. The molecule has 1 aliphatic heterocycles. The van der Waals surface area contributed by atoms with Crippen LogP contribution in [0.3, 0.4) is 0 Å². The lowest BCUT2D eigenvalue weighted by molar-refractivity contribution is 0.102. The van der Waals surface area contributed by atoms with E-state index in [4.69, 9.17) is 11.6 Å². The molecular formula is C22H19ClN4OS. The minimum absolute atomic E-state index is 0.217. The van der Waals surface area contributed by atoms with Crippen LogP contribution in [-0.2, 0) is 0 Å². The summed E-state index contributed by atoms with van der Waals surface area (Å²) in [6, 6.07) is 13.5. The van der Waals surface area contributed by atoms with Gasteiger partial charge in [-0.25, -0.2) is 4.98 Å². The Balaban J connectivity index is 1.52. The van der Waals surface area contributed by atoms with Crippen molar-refractivity contribution in [1.82, 2.24) is 10.3 Å². The highest BCUT2D eigenvalue weighted by Crippen LogP contribution is 2.23. The molecule has 2 heterocycles. The quantitative estimate of drug-likeness (QED) is 0.611. The third kappa shape index (κ3) is 4.55. The molecule has 1 aromatic heterocycles. The molecule has 0 atom stereocenters. The van der Waals surface area contributed by atoms with E-state index in [0.717, 1.165) is 34.6 Å². The van der Waals surface area contributed by atoms with Gasteiger partial charge in [0.1, 0.15) is 11.5 Å². The lowest BCUT2D eigenvalue weighted by atomic mass is 10.0. The largest absolute Gasteiger partial charge is 0.340 e. The van der Waals surface area contributed by atoms with Gasteiger partial charge in [0.05, 0.1) is 5.51 Å². The highest BCUT2D eigenvalue weighted by Gasteiger charge is 2.13. The Morgan fingerprint density at radius 2 is 2.03 bits per heavy atom. The molecule has 146 valence electrons. The van der Waals surface area contributed by atoms with Crippen molar-refractivity contribution >= 4 is 46.1 Å². The van der Waals surface area contributed by atoms with Gasteiger partial charge in [-0.1, -0.05) is 23.7 Å². The molecule has 1 amide bonds. The third-order valence-corrected chi connectivity index (χ3v) is 5.39. The maximum atomic E-state index is 12.1. The van der Waals surface area contributed by atoms with E-state index in [-0.39, 0.29) is 5.91 Å². The summed E-state index contributed by atoms with van der Waals surface area (Å²) in [5.41, 5.74) is 6.93. The number of rotatable bonds is 4. The number of anilines is 1. The molecule has 7 heteroatoms. The number of benzene rings is 2. The van der Waals surface area contributed by atoms with Crippen LogP contribution in [0.5, 0.6) is 0 Å². The Kier molecular flexibility index (Phi) is 5.74. The third-order valence-electron chi connectivity index (χ3n) is 4.57. The van der Waals surface area contributed by atoms with E-state index < -0.39 is 0 Å². The van der Waals surface area contributed by atoms with Crippen molar-refractivity contribution in [3.8, 4) is 0 Å². The average Bonchev–Trinajstić information content (AvgIpc) is 3.16. The Labute approximate surface area is 178 Å². The predicted octanol–water partition coefficient (Wildman–Crippen LogP) is 5.14. The number of halogens is 1. The van der Waals surface area contributed by atoms with Gasteiger partial charge in [-0.2, -0.15) is 0 Å². The fraction of sp³-hybridized carbons (Fsp3) is 0.136.